The number of aliphatic hydroxyl groups is 1. The zero-order chi connectivity index (χ0) is 19.9. The summed E-state index contributed by atoms with van der Waals surface area (Å²) in [5.41, 5.74) is 2.48. The van der Waals surface area contributed by atoms with Crippen LogP contribution in [-0.2, 0) is 11.2 Å². The Labute approximate surface area is 162 Å². The number of aromatic nitrogens is 2. The quantitative estimate of drug-likeness (QED) is 0.827. The van der Waals surface area contributed by atoms with Crippen molar-refractivity contribution in [2.75, 3.05) is 11.9 Å². The average molecular weight is 379 g/mol. The number of anilines is 1. The van der Waals surface area contributed by atoms with Gasteiger partial charge in [0.15, 0.2) is 0 Å². The molecule has 7 heteroatoms. The van der Waals surface area contributed by atoms with Crippen molar-refractivity contribution in [2.24, 2.45) is 0 Å². The predicted octanol–water partition coefficient (Wildman–Crippen LogP) is 3.65. The molecular weight excluding hydrogens is 358 g/mol. The molecule has 1 aliphatic rings. The number of carbonyl (C=O) groups excluding carboxylic acids is 1. The molecule has 7 nitrogen and oxygen atoms in total. The van der Waals surface area contributed by atoms with E-state index in [1.54, 1.807) is 54.2 Å². The van der Waals surface area contributed by atoms with E-state index in [4.69, 9.17) is 4.74 Å². The van der Waals surface area contributed by atoms with Crippen LogP contribution in [0.25, 0.3) is 5.70 Å². The fourth-order valence-corrected chi connectivity index (χ4v) is 2.74. The maximum atomic E-state index is 12.3. The highest BCUT2D eigenvalue weighted by molar-refractivity contribution is 5.84. The van der Waals surface area contributed by atoms with E-state index in [1.807, 2.05) is 12.1 Å². The molecule has 0 spiro atoms. The average Bonchev–Trinajstić information content (AvgIpc) is 2.89. The van der Waals surface area contributed by atoms with Gasteiger partial charge in [0.1, 0.15) is 11.5 Å². The number of nitrogens with one attached hydrogen (secondary N) is 1. The van der Waals surface area contributed by atoms with Crippen LogP contribution in [0.5, 0.6) is 0 Å². The van der Waals surface area contributed by atoms with E-state index in [0.717, 1.165) is 11.3 Å². The fourth-order valence-electron chi connectivity index (χ4n) is 2.74. The van der Waals surface area contributed by atoms with Crippen molar-refractivity contribution >= 4 is 17.5 Å². The van der Waals surface area contributed by atoms with Gasteiger partial charge in [-0.05, 0) is 42.8 Å². The van der Waals surface area contributed by atoms with Crippen molar-refractivity contribution in [3.63, 3.8) is 0 Å². The smallest absolute Gasteiger partial charge is 0.411 e. The number of ether oxygens (including phenoxy) is 1. The summed E-state index contributed by atoms with van der Waals surface area (Å²) in [4.78, 5) is 23.8. The third-order valence-electron chi connectivity index (χ3n) is 4.07. The zero-order valence-electron chi connectivity index (χ0n) is 15.5. The Morgan fingerprint density at radius 3 is 3.04 bits per heavy atom. The minimum Gasteiger partial charge on any atom is -0.508 e. The minimum atomic E-state index is -0.524. The number of rotatable bonds is 5. The first-order chi connectivity index (χ1) is 13.5. The summed E-state index contributed by atoms with van der Waals surface area (Å²) in [5.74, 6) is 0.193. The molecule has 1 aliphatic carbocycles. The molecule has 2 aromatic rings. The van der Waals surface area contributed by atoms with Gasteiger partial charge in [-0.25, -0.2) is 9.48 Å². The Bertz CT molecular complexity index is 1020. The van der Waals surface area contributed by atoms with Gasteiger partial charge in [-0.3, -0.25) is 10.1 Å². The number of benzene rings is 1. The van der Waals surface area contributed by atoms with Gasteiger partial charge in [0.25, 0.3) is 0 Å². The highest BCUT2D eigenvalue weighted by Crippen LogP contribution is 2.16. The Balaban J connectivity index is 1.81. The molecule has 1 amide bonds. The van der Waals surface area contributed by atoms with E-state index in [2.05, 4.69) is 10.4 Å². The molecular formula is C21H21N3O4. The van der Waals surface area contributed by atoms with Crippen molar-refractivity contribution in [1.82, 2.24) is 9.78 Å². The van der Waals surface area contributed by atoms with Crippen LogP contribution >= 0.6 is 0 Å². The van der Waals surface area contributed by atoms with Gasteiger partial charge in [0.2, 0.25) is 5.43 Å². The monoisotopic (exact) mass is 379 g/mol. The first-order valence-corrected chi connectivity index (χ1v) is 8.93. The summed E-state index contributed by atoms with van der Waals surface area (Å²) in [5, 5.41) is 16.7. The summed E-state index contributed by atoms with van der Waals surface area (Å²) in [6.45, 7) is 2.02. The summed E-state index contributed by atoms with van der Waals surface area (Å²) >= 11 is 0. The molecule has 0 radical (unpaired) electrons. The van der Waals surface area contributed by atoms with Crippen molar-refractivity contribution in [3.8, 4) is 0 Å². The molecule has 2 N–H and O–H groups in total. The van der Waals surface area contributed by atoms with E-state index >= 15 is 0 Å². The zero-order valence-corrected chi connectivity index (χ0v) is 15.5. The second-order valence-electron chi connectivity index (χ2n) is 6.14. The van der Waals surface area contributed by atoms with Gasteiger partial charge in [-0.15, -0.1) is 0 Å². The highest BCUT2D eigenvalue weighted by atomic mass is 16.5. The van der Waals surface area contributed by atoms with Crippen molar-refractivity contribution in [1.29, 1.82) is 0 Å². The molecule has 144 valence electrons. The number of carbonyl (C=O) groups is 1. The number of hydrogen-bond donors (Lipinski definition) is 2. The molecule has 1 aromatic heterocycles. The normalized spacial score (nSPS) is 13.3. The number of aliphatic hydroxyl groups excluding tert-OH is 1. The standard InChI is InChI=1S/C21H21N3O4/c1-2-28-21(27)22-16-6-3-5-15(13-16)14-19-20(26)11-12-24(23-19)17-7-4-8-18(25)10-9-17/h3-8,10-13,25H,2,9,14H2,1H3,(H,22,27). The van der Waals surface area contributed by atoms with Crippen LogP contribution in [0.3, 0.4) is 0 Å². The van der Waals surface area contributed by atoms with E-state index in [-0.39, 0.29) is 17.8 Å². The molecule has 0 fully saturated rings. The maximum Gasteiger partial charge on any atom is 0.411 e. The molecule has 0 atom stereocenters. The Hall–Kier alpha value is -3.61. The Morgan fingerprint density at radius 2 is 2.21 bits per heavy atom. The molecule has 28 heavy (non-hydrogen) atoms. The lowest BCUT2D eigenvalue weighted by Crippen LogP contribution is -2.17. The largest absolute Gasteiger partial charge is 0.508 e. The topological polar surface area (TPSA) is 93.4 Å². The third kappa shape index (κ3) is 4.97. The lowest BCUT2D eigenvalue weighted by atomic mass is 10.1. The minimum absolute atomic E-state index is 0.164. The lowest BCUT2D eigenvalue weighted by molar-refractivity contribution is 0.168. The molecule has 1 heterocycles. The summed E-state index contributed by atoms with van der Waals surface area (Å²) < 4.78 is 6.51. The van der Waals surface area contributed by atoms with Gasteiger partial charge in [-0.1, -0.05) is 18.2 Å². The van der Waals surface area contributed by atoms with E-state index in [0.29, 0.717) is 24.2 Å². The summed E-state index contributed by atoms with van der Waals surface area (Å²) in [6, 6.07) is 8.66. The molecule has 0 saturated heterocycles. The van der Waals surface area contributed by atoms with Crippen LogP contribution in [0, 0.1) is 0 Å². The second-order valence-corrected chi connectivity index (χ2v) is 6.14. The third-order valence-corrected chi connectivity index (χ3v) is 4.07. The Morgan fingerprint density at radius 1 is 1.36 bits per heavy atom. The van der Waals surface area contributed by atoms with Gasteiger partial charge < -0.3 is 9.84 Å². The van der Waals surface area contributed by atoms with Crippen LogP contribution < -0.4 is 10.7 Å². The van der Waals surface area contributed by atoms with Gasteiger partial charge in [0, 0.05) is 36.5 Å². The second kappa shape index (κ2) is 8.85. The summed E-state index contributed by atoms with van der Waals surface area (Å²) in [7, 11) is 0. The van der Waals surface area contributed by atoms with Gasteiger partial charge in [0.05, 0.1) is 6.61 Å². The van der Waals surface area contributed by atoms with Crippen LogP contribution in [0.15, 0.2) is 71.4 Å². The predicted molar refractivity (Wildman–Crippen MR) is 107 cm³/mol. The number of hydrogen-bond acceptors (Lipinski definition) is 5. The van der Waals surface area contributed by atoms with E-state index in [9.17, 15) is 14.7 Å². The number of amides is 1. The van der Waals surface area contributed by atoms with Gasteiger partial charge in [-0.2, -0.15) is 5.10 Å². The summed E-state index contributed by atoms with van der Waals surface area (Å²) in [6.07, 6.45) is 8.75. The van der Waals surface area contributed by atoms with Crippen LogP contribution in [0.4, 0.5) is 10.5 Å². The lowest BCUT2D eigenvalue weighted by Gasteiger charge is -2.10. The maximum absolute atomic E-state index is 12.3. The molecule has 3 rings (SSSR count). The highest BCUT2D eigenvalue weighted by Gasteiger charge is 2.09. The number of allylic oxidation sites excluding steroid dienone is 5. The first kappa shape index (κ1) is 19.2. The van der Waals surface area contributed by atoms with Crippen molar-refractivity contribution in [2.45, 2.75) is 19.8 Å². The number of nitrogens with zero attached hydrogens (tertiary/aromatic N) is 2. The van der Waals surface area contributed by atoms with Crippen LogP contribution in [0.1, 0.15) is 24.6 Å². The Kier molecular flexibility index (Phi) is 6.06. The van der Waals surface area contributed by atoms with Crippen LogP contribution in [0.2, 0.25) is 0 Å². The van der Waals surface area contributed by atoms with E-state index < -0.39 is 6.09 Å². The first-order valence-electron chi connectivity index (χ1n) is 8.93. The molecule has 1 aromatic carbocycles. The fraction of sp³-hybridized carbons (Fsp3) is 0.190. The molecule has 0 aliphatic heterocycles. The molecule has 0 unspecified atom stereocenters. The van der Waals surface area contributed by atoms with E-state index in [1.165, 1.54) is 6.07 Å². The van der Waals surface area contributed by atoms with Gasteiger partial charge >= 0.3 is 6.09 Å². The molecule has 0 bridgehead atoms. The SMILES string of the molecule is CCOC(=O)Nc1cccc(Cc2nn(C3=CC=CC(O)=CC3)ccc2=O)c1. The van der Waals surface area contributed by atoms with Crippen molar-refractivity contribution < 1.29 is 14.6 Å². The molecule has 0 saturated carbocycles. The van der Waals surface area contributed by atoms with Crippen molar-refractivity contribution in [3.05, 3.63) is 88.1 Å². The van der Waals surface area contributed by atoms with Crippen LogP contribution in [-0.4, -0.2) is 27.6 Å².